The molecule has 0 atom stereocenters. The molecule has 3 nitrogen and oxygen atoms in total. The molecule has 0 N–H and O–H groups in total. The summed E-state index contributed by atoms with van der Waals surface area (Å²) in [6.07, 6.45) is 1.93. The van der Waals surface area contributed by atoms with Crippen molar-refractivity contribution in [2.75, 3.05) is 24.5 Å². The molecule has 1 fully saturated rings. The highest BCUT2D eigenvalue weighted by Gasteiger charge is 2.46. The van der Waals surface area contributed by atoms with Crippen molar-refractivity contribution in [3.8, 4) is 0 Å². The summed E-state index contributed by atoms with van der Waals surface area (Å²) in [6.45, 7) is 5.41. The van der Waals surface area contributed by atoms with Crippen LogP contribution in [0.4, 0.5) is 10.1 Å². The molecule has 1 amide bonds. The van der Waals surface area contributed by atoms with Gasteiger partial charge in [0.25, 0.3) is 5.91 Å². The molecular formula is C27H25Cl2FN2O. The molecule has 2 aliphatic heterocycles. The third kappa shape index (κ3) is 4.40. The van der Waals surface area contributed by atoms with E-state index in [4.69, 9.17) is 23.2 Å². The van der Waals surface area contributed by atoms with Crippen LogP contribution in [0.3, 0.4) is 0 Å². The van der Waals surface area contributed by atoms with Crippen molar-refractivity contribution < 1.29 is 9.18 Å². The largest absolute Gasteiger partial charge is 0.307 e. The third-order valence-corrected chi connectivity index (χ3v) is 7.40. The zero-order valence-corrected chi connectivity index (χ0v) is 20.0. The van der Waals surface area contributed by atoms with Crippen LogP contribution >= 0.6 is 23.2 Å². The first-order valence-corrected chi connectivity index (χ1v) is 11.9. The third-order valence-electron chi connectivity index (χ3n) is 6.96. The molecule has 170 valence electrons. The van der Waals surface area contributed by atoms with Gasteiger partial charge >= 0.3 is 0 Å². The van der Waals surface area contributed by atoms with E-state index in [1.165, 1.54) is 23.3 Å². The number of carbonyl (C=O) groups is 1. The molecular weight excluding hydrogens is 458 g/mol. The number of amides is 1. The second-order valence-corrected chi connectivity index (χ2v) is 10.1. The Morgan fingerprint density at radius 1 is 0.970 bits per heavy atom. The van der Waals surface area contributed by atoms with Gasteiger partial charge in [-0.3, -0.25) is 9.69 Å². The van der Waals surface area contributed by atoms with Gasteiger partial charge in [0.2, 0.25) is 0 Å². The monoisotopic (exact) mass is 482 g/mol. The van der Waals surface area contributed by atoms with Crippen molar-refractivity contribution in [3.05, 3.63) is 98.8 Å². The Balaban J connectivity index is 1.39. The van der Waals surface area contributed by atoms with Gasteiger partial charge in [0.05, 0.1) is 0 Å². The smallest absolute Gasteiger partial charge is 0.258 e. The van der Waals surface area contributed by atoms with Gasteiger partial charge in [-0.2, -0.15) is 0 Å². The van der Waals surface area contributed by atoms with Crippen LogP contribution in [0.2, 0.25) is 10.0 Å². The summed E-state index contributed by atoms with van der Waals surface area (Å²) in [5.74, 6) is -0.282. The van der Waals surface area contributed by atoms with Crippen LogP contribution in [0.15, 0.2) is 60.7 Å². The topological polar surface area (TPSA) is 23.6 Å². The van der Waals surface area contributed by atoms with Crippen LogP contribution in [-0.2, 0) is 12.0 Å². The summed E-state index contributed by atoms with van der Waals surface area (Å²) in [7, 11) is 0. The molecule has 1 saturated heterocycles. The number of aryl methyl sites for hydroxylation is 1. The Labute approximate surface area is 203 Å². The fourth-order valence-electron chi connectivity index (χ4n) is 5.21. The number of benzene rings is 3. The lowest BCUT2D eigenvalue weighted by atomic mass is 9.74. The maximum absolute atomic E-state index is 13.5. The number of piperidine rings is 1. The first kappa shape index (κ1) is 22.4. The van der Waals surface area contributed by atoms with Crippen LogP contribution in [0.25, 0.3) is 0 Å². The number of fused-ring (bicyclic) bond motifs is 2. The number of hydrogen-bond acceptors (Lipinski definition) is 2. The van der Waals surface area contributed by atoms with E-state index in [1.807, 2.05) is 17.0 Å². The van der Waals surface area contributed by atoms with Crippen LogP contribution in [0.5, 0.6) is 0 Å². The van der Waals surface area contributed by atoms with Gasteiger partial charge in [-0.15, -0.1) is 0 Å². The zero-order valence-electron chi connectivity index (χ0n) is 18.5. The van der Waals surface area contributed by atoms with E-state index >= 15 is 0 Å². The summed E-state index contributed by atoms with van der Waals surface area (Å²) >= 11 is 12.3. The molecule has 1 spiro atoms. The molecule has 3 aromatic rings. The van der Waals surface area contributed by atoms with Gasteiger partial charge < -0.3 is 4.90 Å². The Hall–Kier alpha value is -2.40. The Kier molecular flexibility index (Phi) is 5.94. The molecule has 5 rings (SSSR count). The molecule has 0 aromatic heterocycles. The van der Waals surface area contributed by atoms with E-state index in [2.05, 4.69) is 30.0 Å². The summed E-state index contributed by atoms with van der Waals surface area (Å²) in [4.78, 5) is 17.8. The molecule has 0 aliphatic carbocycles. The van der Waals surface area contributed by atoms with Gasteiger partial charge in [-0.25, -0.2) is 4.39 Å². The zero-order chi connectivity index (χ0) is 23.2. The molecule has 0 bridgehead atoms. The van der Waals surface area contributed by atoms with Crippen molar-refractivity contribution >= 4 is 34.8 Å². The first-order chi connectivity index (χ1) is 15.8. The van der Waals surface area contributed by atoms with Gasteiger partial charge in [-0.05, 0) is 80.4 Å². The molecule has 2 aliphatic rings. The molecule has 0 unspecified atom stereocenters. The first-order valence-electron chi connectivity index (χ1n) is 11.2. The van der Waals surface area contributed by atoms with Gasteiger partial charge in [0, 0.05) is 39.8 Å². The number of anilines is 1. The van der Waals surface area contributed by atoms with E-state index in [1.54, 1.807) is 18.2 Å². The minimum Gasteiger partial charge on any atom is -0.307 e. The van der Waals surface area contributed by atoms with Gasteiger partial charge in [-0.1, -0.05) is 53.0 Å². The van der Waals surface area contributed by atoms with Gasteiger partial charge in [0.15, 0.2) is 0 Å². The number of carbonyl (C=O) groups excluding carboxylic acids is 1. The maximum Gasteiger partial charge on any atom is 0.258 e. The molecule has 0 radical (unpaired) electrons. The second kappa shape index (κ2) is 8.75. The molecule has 6 heteroatoms. The van der Waals surface area contributed by atoms with Crippen molar-refractivity contribution in [3.63, 3.8) is 0 Å². The summed E-state index contributed by atoms with van der Waals surface area (Å²) in [5.41, 5.74) is 4.98. The average molecular weight is 483 g/mol. The van der Waals surface area contributed by atoms with E-state index in [9.17, 15) is 9.18 Å². The summed E-state index contributed by atoms with van der Waals surface area (Å²) in [6, 6.07) is 18.1. The highest BCUT2D eigenvalue weighted by atomic mass is 35.5. The lowest BCUT2D eigenvalue weighted by molar-refractivity contribution is 0.0975. The highest BCUT2D eigenvalue weighted by Crippen LogP contribution is 2.48. The predicted molar refractivity (Wildman–Crippen MR) is 132 cm³/mol. The predicted octanol–water partition coefficient (Wildman–Crippen LogP) is 6.64. The Bertz CT molecular complexity index is 1180. The molecule has 0 saturated carbocycles. The summed E-state index contributed by atoms with van der Waals surface area (Å²) < 4.78 is 13.2. The number of likely N-dealkylation sites (tertiary alicyclic amines) is 1. The van der Waals surface area contributed by atoms with E-state index in [0.29, 0.717) is 22.2 Å². The number of halogens is 3. The van der Waals surface area contributed by atoms with E-state index in [0.717, 1.165) is 43.7 Å². The normalized spacial score (nSPS) is 17.4. The lowest BCUT2D eigenvalue weighted by Crippen LogP contribution is -2.45. The second-order valence-electron chi connectivity index (χ2n) is 9.25. The lowest BCUT2D eigenvalue weighted by Gasteiger charge is -2.40. The fourth-order valence-corrected chi connectivity index (χ4v) is 5.74. The minimum atomic E-state index is -0.208. The fraction of sp³-hybridized carbons (Fsp3) is 0.296. The van der Waals surface area contributed by atoms with Crippen LogP contribution < -0.4 is 4.90 Å². The average Bonchev–Trinajstić information content (AvgIpc) is 3.09. The SMILES string of the molecule is Cc1ccc2c(c1)C1(CCN(Cc3ccc(F)cc3)CC1)CN2C(=O)c1cc(Cl)cc(Cl)c1. The van der Waals surface area contributed by atoms with Crippen molar-refractivity contribution in [1.29, 1.82) is 0 Å². The standard InChI is InChI=1S/C27H25Cl2FN2O/c1-18-2-7-25-24(12-18)27(17-32(25)26(33)20-13-21(28)15-22(29)14-20)8-10-31(11-9-27)16-19-3-5-23(30)6-4-19/h2-7,12-15H,8-11,16-17H2,1H3. The Morgan fingerprint density at radius 3 is 2.30 bits per heavy atom. The quantitative estimate of drug-likeness (QED) is 0.417. The van der Waals surface area contributed by atoms with Crippen LogP contribution in [-0.4, -0.2) is 30.4 Å². The molecule has 2 heterocycles. The Morgan fingerprint density at radius 2 is 1.64 bits per heavy atom. The number of hydrogen-bond donors (Lipinski definition) is 0. The summed E-state index contributed by atoms with van der Waals surface area (Å²) in [5, 5.41) is 0.913. The minimum absolute atomic E-state index is 0.0708. The van der Waals surface area contributed by atoms with Crippen molar-refractivity contribution in [2.45, 2.75) is 31.7 Å². The van der Waals surface area contributed by atoms with Gasteiger partial charge in [0.1, 0.15) is 5.82 Å². The van der Waals surface area contributed by atoms with Crippen LogP contribution in [0.1, 0.15) is 39.9 Å². The molecule has 3 aromatic carbocycles. The van der Waals surface area contributed by atoms with Crippen molar-refractivity contribution in [2.24, 2.45) is 0 Å². The number of rotatable bonds is 3. The van der Waals surface area contributed by atoms with E-state index in [-0.39, 0.29) is 17.1 Å². The van der Waals surface area contributed by atoms with Crippen LogP contribution in [0, 0.1) is 12.7 Å². The molecule has 33 heavy (non-hydrogen) atoms. The number of nitrogens with zero attached hydrogens (tertiary/aromatic N) is 2. The highest BCUT2D eigenvalue weighted by molar-refractivity contribution is 6.35. The van der Waals surface area contributed by atoms with E-state index < -0.39 is 0 Å². The van der Waals surface area contributed by atoms with Crippen molar-refractivity contribution in [1.82, 2.24) is 4.90 Å². The maximum atomic E-state index is 13.5.